The Bertz CT molecular complexity index is 600. The second-order valence-corrected chi connectivity index (χ2v) is 5.99. The molecule has 188 valence electrons. The summed E-state index contributed by atoms with van der Waals surface area (Å²) in [6, 6.07) is 0. The van der Waals surface area contributed by atoms with Crippen molar-refractivity contribution in [1.29, 1.82) is 0 Å². The fourth-order valence-corrected chi connectivity index (χ4v) is 1.53. The van der Waals surface area contributed by atoms with Gasteiger partial charge in [-0.05, 0) is 13.8 Å². The number of methoxy groups -OCH3 is 2. The van der Waals surface area contributed by atoms with Crippen LogP contribution < -0.4 is 0 Å². The van der Waals surface area contributed by atoms with Crippen molar-refractivity contribution in [1.82, 2.24) is 0 Å². The third kappa shape index (κ3) is 4.82. The summed E-state index contributed by atoms with van der Waals surface area (Å²) in [4.78, 5) is 20.4. The van der Waals surface area contributed by atoms with E-state index < -0.39 is 35.5 Å². The van der Waals surface area contributed by atoms with Gasteiger partial charge in [-0.1, -0.05) is 13.2 Å². The van der Waals surface area contributed by atoms with E-state index in [1.807, 2.05) is 0 Å². The van der Waals surface area contributed by atoms with E-state index in [-0.39, 0.29) is 11.9 Å². The van der Waals surface area contributed by atoms with Gasteiger partial charge < -0.3 is 9.47 Å². The molecule has 1 saturated carbocycles. The quantitative estimate of drug-likeness (QED) is 0.294. The molecule has 0 N–H and O–H groups in total. The van der Waals surface area contributed by atoms with E-state index in [2.05, 4.69) is 22.6 Å². The Kier molecular flexibility index (Phi) is 9.53. The number of esters is 2. The van der Waals surface area contributed by atoms with E-state index >= 15 is 0 Å². The summed E-state index contributed by atoms with van der Waals surface area (Å²) in [5.41, 5.74) is 0.866. The van der Waals surface area contributed by atoms with E-state index in [4.69, 9.17) is 0 Å². The van der Waals surface area contributed by atoms with E-state index in [0.29, 0.717) is 11.1 Å². The van der Waals surface area contributed by atoms with Gasteiger partial charge in [-0.2, -0.15) is 52.7 Å². The number of alkyl halides is 12. The van der Waals surface area contributed by atoms with Crippen molar-refractivity contribution in [3.8, 4) is 0 Å². The number of rotatable bonds is 2. The first-order valence-corrected chi connectivity index (χ1v) is 7.61. The second-order valence-electron chi connectivity index (χ2n) is 5.99. The van der Waals surface area contributed by atoms with Crippen molar-refractivity contribution in [2.24, 2.45) is 0 Å². The molecule has 0 radical (unpaired) electrons. The van der Waals surface area contributed by atoms with Crippen molar-refractivity contribution in [3.05, 3.63) is 24.3 Å². The number of halogens is 12. The Hall–Kier alpha value is -2.42. The van der Waals surface area contributed by atoms with Crippen molar-refractivity contribution in [2.45, 2.75) is 49.4 Å². The lowest BCUT2D eigenvalue weighted by molar-refractivity contribution is -0.506. The van der Waals surface area contributed by atoms with Crippen LogP contribution in [-0.4, -0.2) is 61.7 Å². The van der Waals surface area contributed by atoms with Gasteiger partial charge in [0.1, 0.15) is 0 Å². The third-order valence-corrected chi connectivity index (χ3v) is 3.43. The van der Waals surface area contributed by atoms with Crippen LogP contribution in [0.4, 0.5) is 52.7 Å². The van der Waals surface area contributed by atoms with Crippen LogP contribution in [0, 0.1) is 0 Å². The molecule has 0 aliphatic heterocycles. The van der Waals surface area contributed by atoms with Gasteiger partial charge in [0.05, 0.1) is 14.2 Å². The van der Waals surface area contributed by atoms with Crippen LogP contribution in [0.3, 0.4) is 0 Å². The molecule has 1 aliphatic carbocycles. The van der Waals surface area contributed by atoms with E-state index in [9.17, 15) is 62.3 Å². The molecule has 0 spiro atoms. The highest BCUT2D eigenvalue weighted by molar-refractivity contribution is 5.87. The lowest BCUT2D eigenvalue weighted by Crippen LogP contribution is -2.82. The number of hydrogen-bond donors (Lipinski definition) is 0. The fourth-order valence-electron chi connectivity index (χ4n) is 1.53. The van der Waals surface area contributed by atoms with Gasteiger partial charge in [-0.15, -0.1) is 0 Å². The van der Waals surface area contributed by atoms with Crippen molar-refractivity contribution >= 4 is 11.9 Å². The van der Waals surface area contributed by atoms with Crippen LogP contribution in [0.1, 0.15) is 13.8 Å². The van der Waals surface area contributed by atoms with Gasteiger partial charge in [0, 0.05) is 11.1 Å². The van der Waals surface area contributed by atoms with E-state index in [0.717, 1.165) is 0 Å². The molecular formula is C16H16F12O4. The Labute approximate surface area is 172 Å². The largest absolute Gasteiger partial charge is 0.466 e. The minimum absolute atomic E-state index is 0.347. The van der Waals surface area contributed by atoms with Gasteiger partial charge in [0.2, 0.25) is 0 Å². The maximum absolute atomic E-state index is 12.3. The summed E-state index contributed by atoms with van der Waals surface area (Å²) in [6.45, 7) is 9.91. The maximum atomic E-state index is 12.3. The van der Waals surface area contributed by atoms with E-state index in [1.54, 1.807) is 13.8 Å². The van der Waals surface area contributed by atoms with Crippen LogP contribution in [0.15, 0.2) is 24.3 Å². The molecule has 0 bridgehead atoms. The summed E-state index contributed by atoms with van der Waals surface area (Å²) in [5.74, 6) is -44.8. The fraction of sp³-hybridized carbons (Fsp3) is 0.625. The smallest absolute Gasteiger partial charge is 0.385 e. The molecule has 32 heavy (non-hydrogen) atoms. The van der Waals surface area contributed by atoms with Crippen molar-refractivity contribution in [3.63, 3.8) is 0 Å². The molecule has 0 heterocycles. The molecule has 0 atom stereocenters. The number of hydrogen-bond acceptors (Lipinski definition) is 4. The average molecular weight is 500 g/mol. The van der Waals surface area contributed by atoms with Gasteiger partial charge in [-0.3, -0.25) is 0 Å². The molecule has 0 saturated heterocycles. The first-order valence-electron chi connectivity index (χ1n) is 7.61. The zero-order valence-electron chi connectivity index (χ0n) is 16.6. The van der Waals surface area contributed by atoms with Crippen LogP contribution in [0.25, 0.3) is 0 Å². The molecule has 16 heteroatoms. The molecule has 0 aromatic rings. The normalized spacial score (nSPS) is 22.5. The molecule has 0 aromatic carbocycles. The summed E-state index contributed by atoms with van der Waals surface area (Å²) in [7, 11) is 2.66. The van der Waals surface area contributed by atoms with Crippen LogP contribution in [0.5, 0.6) is 0 Å². The number of ether oxygens (including phenoxy) is 2. The summed E-state index contributed by atoms with van der Waals surface area (Å²) in [5, 5.41) is 0. The lowest BCUT2D eigenvalue weighted by atomic mass is 9.80. The zero-order chi connectivity index (χ0) is 26.7. The van der Waals surface area contributed by atoms with Gasteiger partial charge >= 0.3 is 47.5 Å². The predicted octanol–water partition coefficient (Wildman–Crippen LogP) is 5.28. The lowest BCUT2D eigenvalue weighted by Gasteiger charge is -2.49. The zero-order valence-corrected chi connectivity index (χ0v) is 16.6. The Morgan fingerprint density at radius 2 is 0.625 bits per heavy atom. The first kappa shape index (κ1) is 31.8. The third-order valence-electron chi connectivity index (χ3n) is 3.43. The van der Waals surface area contributed by atoms with Crippen LogP contribution in [0.2, 0.25) is 0 Å². The van der Waals surface area contributed by atoms with Gasteiger partial charge in [0.25, 0.3) is 0 Å². The molecule has 1 aliphatic rings. The minimum atomic E-state index is -7.35. The maximum Gasteiger partial charge on any atom is 0.385 e. The Morgan fingerprint density at radius 1 is 0.500 bits per heavy atom. The van der Waals surface area contributed by atoms with Crippen LogP contribution in [-0.2, 0) is 19.1 Å². The highest BCUT2D eigenvalue weighted by Gasteiger charge is 3.02. The highest BCUT2D eigenvalue weighted by atomic mass is 19.4. The molecule has 0 unspecified atom stereocenters. The van der Waals surface area contributed by atoms with E-state index in [1.165, 1.54) is 14.2 Å². The molecule has 4 nitrogen and oxygen atoms in total. The van der Waals surface area contributed by atoms with Gasteiger partial charge in [-0.25, -0.2) is 9.59 Å². The van der Waals surface area contributed by atoms with Crippen LogP contribution >= 0.6 is 0 Å². The minimum Gasteiger partial charge on any atom is -0.466 e. The van der Waals surface area contributed by atoms with Crippen molar-refractivity contribution < 1.29 is 71.7 Å². The highest BCUT2D eigenvalue weighted by Crippen LogP contribution is 2.69. The standard InChI is InChI=1S/C6F12.2C5H8O2/c7-1(8)2(9,10)4(13,14)6(17,18)5(15,16)3(1,11)12;2*1-4(2)5(6)7-3/h;2*1H2,2-3H3. The Balaban J connectivity index is 0. The van der Waals surface area contributed by atoms with Gasteiger partial charge in [0.15, 0.2) is 0 Å². The summed E-state index contributed by atoms with van der Waals surface area (Å²) in [6.07, 6.45) is 0. The predicted molar refractivity (Wildman–Crippen MR) is 83.3 cm³/mol. The second kappa shape index (κ2) is 9.60. The molecule has 0 aromatic heterocycles. The molecule has 1 rings (SSSR count). The average Bonchev–Trinajstić information content (AvgIpc) is 2.65. The monoisotopic (exact) mass is 500 g/mol. The SMILES string of the molecule is C=C(C)C(=O)OC.C=C(C)C(=O)OC.FC1(F)C(F)(F)C(F)(F)C(F)(F)C(F)(F)C1(F)F. The summed E-state index contributed by atoms with van der Waals surface area (Å²) >= 11 is 0. The molecular weight excluding hydrogens is 484 g/mol. The topological polar surface area (TPSA) is 52.6 Å². The molecule has 1 fully saturated rings. The summed E-state index contributed by atoms with van der Waals surface area (Å²) < 4.78 is 156. The number of carbonyl (C=O) groups is 2. The number of carbonyl (C=O) groups excluding carboxylic acids is 2. The van der Waals surface area contributed by atoms with Crippen molar-refractivity contribution in [2.75, 3.05) is 14.2 Å². The first-order chi connectivity index (χ1) is 13.9. The Morgan fingerprint density at radius 3 is 0.656 bits per heavy atom. The molecule has 0 amide bonds.